The molecule has 0 fully saturated rings. The molecule has 1 aromatic heterocycles. The average Bonchev–Trinajstić information content (AvgIpc) is 2.49. The number of H-pyrrole nitrogens is 1. The molecule has 0 atom stereocenters. The fourth-order valence-electron chi connectivity index (χ4n) is 1.78. The summed E-state index contributed by atoms with van der Waals surface area (Å²) in [6.45, 7) is 5.90. The first-order chi connectivity index (χ1) is 7.51. The molecule has 16 heavy (non-hydrogen) atoms. The Hall–Kier alpha value is -2.02. The van der Waals surface area contributed by atoms with E-state index >= 15 is 0 Å². The quantitative estimate of drug-likeness (QED) is 0.603. The van der Waals surface area contributed by atoms with Crippen LogP contribution in [0.15, 0.2) is 5.57 Å². The molecular weight excluding hydrogens is 204 g/mol. The van der Waals surface area contributed by atoms with E-state index in [1.807, 2.05) is 20.8 Å². The molecule has 1 rings (SSSR count). The van der Waals surface area contributed by atoms with Gasteiger partial charge in [-0.25, -0.2) is 4.79 Å². The summed E-state index contributed by atoms with van der Waals surface area (Å²) < 4.78 is 0. The van der Waals surface area contributed by atoms with Crippen molar-refractivity contribution in [2.75, 3.05) is 0 Å². The van der Waals surface area contributed by atoms with Crippen LogP contribution in [-0.4, -0.2) is 16.1 Å². The highest BCUT2D eigenvalue weighted by molar-refractivity contribution is 5.96. The largest absolute Gasteiger partial charge is 0.477 e. The van der Waals surface area contributed by atoms with Crippen LogP contribution in [0.2, 0.25) is 0 Å². The molecule has 0 saturated carbocycles. The number of nitrogens with zero attached hydrogens (tertiary/aromatic N) is 1. The first kappa shape index (κ1) is 12.1. The number of hydrogen-bond acceptors (Lipinski definition) is 2. The minimum Gasteiger partial charge on any atom is -0.477 e. The minimum absolute atomic E-state index is 0.257. The second-order valence-corrected chi connectivity index (χ2v) is 3.60. The second kappa shape index (κ2) is 4.67. The first-order valence-corrected chi connectivity index (χ1v) is 5.04. The zero-order valence-electron chi connectivity index (χ0n) is 9.59. The van der Waals surface area contributed by atoms with E-state index in [1.165, 1.54) is 11.6 Å². The van der Waals surface area contributed by atoms with E-state index in [4.69, 9.17) is 10.4 Å². The van der Waals surface area contributed by atoms with Crippen molar-refractivity contribution in [1.29, 1.82) is 5.26 Å². The van der Waals surface area contributed by atoms with Crippen molar-refractivity contribution in [3.8, 4) is 6.07 Å². The Morgan fingerprint density at radius 3 is 2.56 bits per heavy atom. The molecule has 0 aromatic carbocycles. The zero-order chi connectivity index (χ0) is 12.3. The smallest absolute Gasteiger partial charge is 0.346 e. The Morgan fingerprint density at radius 2 is 2.19 bits per heavy atom. The van der Waals surface area contributed by atoms with Crippen LogP contribution in [0.3, 0.4) is 0 Å². The van der Waals surface area contributed by atoms with Crippen molar-refractivity contribution in [3.63, 3.8) is 0 Å². The van der Waals surface area contributed by atoms with E-state index in [1.54, 1.807) is 6.07 Å². The van der Waals surface area contributed by atoms with Crippen LogP contribution in [0, 0.1) is 25.2 Å². The van der Waals surface area contributed by atoms with Gasteiger partial charge in [0, 0.05) is 11.4 Å². The molecular formula is C12H14N2O2. The third-order valence-corrected chi connectivity index (χ3v) is 2.62. The van der Waals surface area contributed by atoms with Crippen LogP contribution in [0.5, 0.6) is 0 Å². The second-order valence-electron chi connectivity index (χ2n) is 3.60. The predicted octanol–water partition coefficient (Wildman–Crippen LogP) is 2.19. The molecule has 1 aromatic rings. The van der Waals surface area contributed by atoms with Crippen LogP contribution >= 0.6 is 0 Å². The number of rotatable bonds is 3. The highest BCUT2D eigenvalue weighted by Gasteiger charge is 2.11. The summed E-state index contributed by atoms with van der Waals surface area (Å²) >= 11 is 0. The molecule has 0 bridgehead atoms. The molecule has 0 saturated heterocycles. The summed E-state index contributed by atoms with van der Waals surface area (Å²) in [6.07, 6.45) is 2.26. The van der Waals surface area contributed by atoms with Gasteiger partial charge in [0.25, 0.3) is 0 Å². The van der Waals surface area contributed by atoms with Crippen molar-refractivity contribution in [3.05, 3.63) is 28.1 Å². The maximum Gasteiger partial charge on any atom is 0.346 e. The monoisotopic (exact) mass is 218 g/mol. The van der Waals surface area contributed by atoms with Gasteiger partial charge in [-0.05, 0) is 37.5 Å². The van der Waals surface area contributed by atoms with Gasteiger partial charge in [-0.3, -0.25) is 0 Å². The molecule has 4 heteroatoms. The maximum absolute atomic E-state index is 10.7. The number of aromatic nitrogens is 1. The normalized spacial score (nSPS) is 11.2. The molecule has 0 unspecified atom stereocenters. The zero-order valence-corrected chi connectivity index (χ0v) is 9.59. The summed E-state index contributed by atoms with van der Waals surface area (Å²) in [6, 6.07) is 1.67. The average molecular weight is 218 g/mol. The third kappa shape index (κ3) is 2.14. The van der Waals surface area contributed by atoms with Gasteiger partial charge in [0.2, 0.25) is 0 Å². The lowest BCUT2D eigenvalue weighted by atomic mass is 10.1. The lowest BCUT2D eigenvalue weighted by molar-refractivity contribution is -0.132. The van der Waals surface area contributed by atoms with Crippen molar-refractivity contribution in [1.82, 2.24) is 4.98 Å². The van der Waals surface area contributed by atoms with Gasteiger partial charge in [-0.1, -0.05) is 6.92 Å². The van der Waals surface area contributed by atoms with E-state index in [2.05, 4.69) is 4.98 Å². The fourth-order valence-corrected chi connectivity index (χ4v) is 1.78. The molecule has 4 nitrogen and oxygen atoms in total. The number of aryl methyl sites for hydroxylation is 1. The Balaban J connectivity index is 3.26. The standard InChI is InChI=1S/C12H14N2O2/c1-4-10-7(2)11(14-8(10)3)5-9(6-13)12(15)16/h5,14H,4H2,1-3H3,(H,15,16)/b9-5+. The maximum atomic E-state index is 10.7. The number of nitriles is 1. The molecule has 0 spiro atoms. The Morgan fingerprint density at radius 1 is 1.56 bits per heavy atom. The molecule has 84 valence electrons. The summed E-state index contributed by atoms with van der Waals surface area (Å²) in [7, 11) is 0. The van der Waals surface area contributed by atoms with Crippen LogP contribution < -0.4 is 0 Å². The summed E-state index contributed by atoms with van der Waals surface area (Å²) in [5, 5.41) is 17.4. The number of carboxylic acid groups (broad SMARTS) is 1. The van der Waals surface area contributed by atoms with Crippen LogP contribution in [0.1, 0.15) is 29.4 Å². The number of aromatic amines is 1. The van der Waals surface area contributed by atoms with Gasteiger partial charge >= 0.3 is 5.97 Å². The van der Waals surface area contributed by atoms with Crippen molar-refractivity contribution in [2.24, 2.45) is 0 Å². The summed E-state index contributed by atoms with van der Waals surface area (Å²) in [5.74, 6) is -1.20. The van der Waals surface area contributed by atoms with Crippen molar-refractivity contribution in [2.45, 2.75) is 27.2 Å². The molecule has 0 radical (unpaired) electrons. The highest BCUT2D eigenvalue weighted by atomic mass is 16.4. The molecule has 1 heterocycles. The SMILES string of the molecule is CCc1c(C)[nH]c(/C=C(\C#N)C(=O)O)c1C. The van der Waals surface area contributed by atoms with E-state index in [0.717, 1.165) is 17.7 Å². The van der Waals surface area contributed by atoms with Gasteiger partial charge in [0.1, 0.15) is 11.6 Å². The lowest BCUT2D eigenvalue weighted by Gasteiger charge is -1.96. The van der Waals surface area contributed by atoms with E-state index in [0.29, 0.717) is 5.69 Å². The van der Waals surface area contributed by atoms with Gasteiger partial charge < -0.3 is 10.1 Å². The van der Waals surface area contributed by atoms with Gasteiger partial charge in [0.05, 0.1) is 0 Å². The number of carbonyl (C=O) groups is 1. The van der Waals surface area contributed by atoms with Crippen molar-refractivity contribution < 1.29 is 9.90 Å². The molecule has 0 aliphatic heterocycles. The van der Waals surface area contributed by atoms with E-state index in [9.17, 15) is 4.79 Å². The van der Waals surface area contributed by atoms with Crippen LogP contribution in [0.25, 0.3) is 6.08 Å². The minimum atomic E-state index is -1.20. The molecule has 0 aliphatic carbocycles. The third-order valence-electron chi connectivity index (χ3n) is 2.62. The highest BCUT2D eigenvalue weighted by Crippen LogP contribution is 2.20. The molecule has 0 aliphatic rings. The van der Waals surface area contributed by atoms with Gasteiger partial charge in [-0.15, -0.1) is 0 Å². The predicted molar refractivity (Wildman–Crippen MR) is 60.9 cm³/mol. The lowest BCUT2D eigenvalue weighted by Crippen LogP contribution is -1.97. The van der Waals surface area contributed by atoms with E-state index < -0.39 is 5.97 Å². The fraction of sp³-hybridized carbons (Fsp3) is 0.333. The number of carboxylic acids is 1. The van der Waals surface area contributed by atoms with Gasteiger partial charge in [-0.2, -0.15) is 5.26 Å². The number of aliphatic carboxylic acids is 1. The van der Waals surface area contributed by atoms with Crippen molar-refractivity contribution >= 4 is 12.0 Å². The van der Waals surface area contributed by atoms with E-state index in [-0.39, 0.29) is 5.57 Å². The van der Waals surface area contributed by atoms with Gasteiger partial charge in [0.15, 0.2) is 0 Å². The Bertz CT molecular complexity index is 490. The number of nitrogens with one attached hydrogen (secondary N) is 1. The molecule has 0 amide bonds. The summed E-state index contributed by atoms with van der Waals surface area (Å²) in [5.41, 5.74) is 3.65. The Kier molecular flexibility index (Phi) is 3.51. The van der Waals surface area contributed by atoms with Crippen LogP contribution in [0.4, 0.5) is 0 Å². The molecule has 2 N–H and O–H groups in total. The first-order valence-electron chi connectivity index (χ1n) is 5.04. The topological polar surface area (TPSA) is 76.9 Å². The van der Waals surface area contributed by atoms with Crippen LogP contribution in [-0.2, 0) is 11.2 Å². The summed E-state index contributed by atoms with van der Waals surface area (Å²) in [4.78, 5) is 13.8. The number of hydrogen-bond donors (Lipinski definition) is 2. The Labute approximate surface area is 94.2 Å².